The summed E-state index contributed by atoms with van der Waals surface area (Å²) < 4.78 is 0. The normalized spacial score (nSPS) is 16.7. The first-order valence-electron chi connectivity index (χ1n) is 17.3. The third-order valence-corrected chi connectivity index (χ3v) is 11.4. The summed E-state index contributed by atoms with van der Waals surface area (Å²) in [5, 5.41) is 2.50. The molecule has 234 valence electrons. The van der Waals surface area contributed by atoms with E-state index in [0.29, 0.717) is 0 Å². The molecule has 2 aliphatic carbocycles. The smallest absolute Gasteiger partial charge is 0.0544 e. The number of anilines is 3. The van der Waals surface area contributed by atoms with Gasteiger partial charge in [-0.2, -0.15) is 0 Å². The van der Waals surface area contributed by atoms with Gasteiger partial charge >= 0.3 is 0 Å². The van der Waals surface area contributed by atoms with Crippen molar-refractivity contribution in [1.29, 1.82) is 0 Å². The van der Waals surface area contributed by atoms with Crippen LogP contribution in [0.2, 0.25) is 0 Å². The maximum Gasteiger partial charge on any atom is 0.0544 e. The third kappa shape index (κ3) is 4.50. The molecule has 1 nitrogen and oxygen atoms in total. The molecule has 8 rings (SSSR count). The van der Waals surface area contributed by atoms with E-state index in [9.17, 15) is 0 Å². The van der Waals surface area contributed by atoms with Crippen LogP contribution in [0.4, 0.5) is 17.1 Å². The van der Waals surface area contributed by atoms with Crippen molar-refractivity contribution in [2.45, 2.75) is 77.6 Å². The van der Waals surface area contributed by atoms with E-state index in [2.05, 4.69) is 175 Å². The van der Waals surface area contributed by atoms with E-state index in [1.54, 1.807) is 0 Å². The summed E-state index contributed by atoms with van der Waals surface area (Å²) in [6.07, 6.45) is 2.37. The Bertz CT molecular complexity index is 2170. The number of rotatable bonds is 4. The highest BCUT2D eigenvalue weighted by molar-refractivity contribution is 6.03. The Balaban J connectivity index is 1.54. The Hall–Kier alpha value is -4.62. The Kier molecular flexibility index (Phi) is 6.61. The SMILES string of the molecule is Cc1ccc2c(c1-c1cc3c(cc1N(c1ccccc1)c1cccc4ccccc14)C(C)(C)c1ccccc1-3)C(C)(C)CCC2(C)C. The largest absolute Gasteiger partial charge is 0.309 e. The van der Waals surface area contributed by atoms with Gasteiger partial charge in [0.15, 0.2) is 0 Å². The molecule has 0 atom stereocenters. The maximum absolute atomic E-state index is 2.56. The van der Waals surface area contributed by atoms with Crippen molar-refractivity contribution in [1.82, 2.24) is 0 Å². The van der Waals surface area contributed by atoms with Gasteiger partial charge in [-0.1, -0.05) is 133 Å². The van der Waals surface area contributed by atoms with Gasteiger partial charge in [0, 0.05) is 22.1 Å². The molecule has 2 aliphatic rings. The molecule has 6 aromatic carbocycles. The van der Waals surface area contributed by atoms with Crippen molar-refractivity contribution in [2.75, 3.05) is 4.90 Å². The summed E-state index contributed by atoms with van der Waals surface area (Å²) in [6, 6.07) is 45.5. The van der Waals surface area contributed by atoms with Crippen LogP contribution < -0.4 is 4.90 Å². The van der Waals surface area contributed by atoms with Crippen LogP contribution >= 0.6 is 0 Å². The topological polar surface area (TPSA) is 3.24 Å². The summed E-state index contributed by atoms with van der Waals surface area (Å²) >= 11 is 0. The van der Waals surface area contributed by atoms with E-state index in [4.69, 9.17) is 0 Å². The van der Waals surface area contributed by atoms with E-state index in [1.165, 1.54) is 90.7 Å². The monoisotopic (exact) mass is 611 g/mol. The molecule has 0 radical (unpaired) electrons. The number of aryl methyl sites for hydroxylation is 1. The first kappa shape index (κ1) is 29.8. The summed E-state index contributed by atoms with van der Waals surface area (Å²) in [4.78, 5) is 2.54. The van der Waals surface area contributed by atoms with E-state index >= 15 is 0 Å². The zero-order valence-corrected chi connectivity index (χ0v) is 28.9. The Morgan fingerprint density at radius 1 is 0.511 bits per heavy atom. The molecule has 0 aliphatic heterocycles. The quantitative estimate of drug-likeness (QED) is 0.192. The van der Waals surface area contributed by atoms with Crippen LogP contribution in [0.15, 0.2) is 121 Å². The lowest BCUT2D eigenvalue weighted by atomic mass is 9.61. The van der Waals surface area contributed by atoms with Crippen LogP contribution in [0.1, 0.15) is 82.2 Å². The molecule has 0 aromatic heterocycles. The van der Waals surface area contributed by atoms with Crippen LogP contribution in [-0.2, 0) is 16.2 Å². The van der Waals surface area contributed by atoms with Crippen molar-refractivity contribution in [3.8, 4) is 22.3 Å². The molecule has 1 heteroatoms. The Labute approximate surface area is 280 Å². The Morgan fingerprint density at radius 3 is 2.00 bits per heavy atom. The van der Waals surface area contributed by atoms with Gasteiger partial charge in [0.1, 0.15) is 0 Å². The van der Waals surface area contributed by atoms with Gasteiger partial charge in [0.05, 0.1) is 11.4 Å². The van der Waals surface area contributed by atoms with Gasteiger partial charge in [0.2, 0.25) is 0 Å². The fraction of sp³-hybridized carbons (Fsp3) is 0.261. The second kappa shape index (κ2) is 10.4. The molecule has 0 fully saturated rings. The molecule has 0 spiro atoms. The highest BCUT2D eigenvalue weighted by Gasteiger charge is 2.41. The van der Waals surface area contributed by atoms with Gasteiger partial charge < -0.3 is 4.90 Å². The molecule has 6 aromatic rings. The average molecular weight is 612 g/mol. The molecule has 0 heterocycles. The van der Waals surface area contributed by atoms with E-state index in [0.717, 1.165) is 0 Å². The lowest BCUT2D eigenvalue weighted by Crippen LogP contribution is -2.34. The lowest BCUT2D eigenvalue weighted by molar-refractivity contribution is 0.332. The maximum atomic E-state index is 2.56. The molecule has 0 unspecified atom stereocenters. The second-order valence-electron chi connectivity index (χ2n) is 15.7. The highest BCUT2D eigenvalue weighted by Crippen LogP contribution is 2.57. The third-order valence-electron chi connectivity index (χ3n) is 11.4. The summed E-state index contributed by atoms with van der Waals surface area (Å²) in [5.41, 5.74) is 16.2. The predicted molar refractivity (Wildman–Crippen MR) is 202 cm³/mol. The van der Waals surface area contributed by atoms with Gasteiger partial charge in [-0.3, -0.25) is 0 Å². The van der Waals surface area contributed by atoms with Gasteiger partial charge in [-0.15, -0.1) is 0 Å². The number of benzene rings is 6. The van der Waals surface area contributed by atoms with Crippen molar-refractivity contribution in [3.05, 3.63) is 149 Å². The van der Waals surface area contributed by atoms with Crippen LogP contribution in [0, 0.1) is 6.92 Å². The van der Waals surface area contributed by atoms with Gasteiger partial charge in [-0.25, -0.2) is 0 Å². The van der Waals surface area contributed by atoms with E-state index < -0.39 is 0 Å². The summed E-state index contributed by atoms with van der Waals surface area (Å²) in [7, 11) is 0. The highest BCUT2D eigenvalue weighted by atomic mass is 15.1. The minimum Gasteiger partial charge on any atom is -0.309 e. The average Bonchev–Trinajstić information content (AvgIpc) is 3.29. The van der Waals surface area contributed by atoms with Crippen molar-refractivity contribution >= 4 is 27.8 Å². The van der Waals surface area contributed by atoms with Crippen LogP contribution in [0.25, 0.3) is 33.0 Å². The lowest BCUT2D eigenvalue weighted by Gasteiger charge is -2.44. The number of para-hydroxylation sites is 1. The van der Waals surface area contributed by atoms with Crippen LogP contribution in [0.3, 0.4) is 0 Å². The number of hydrogen-bond donors (Lipinski definition) is 0. The number of hydrogen-bond acceptors (Lipinski definition) is 1. The second-order valence-corrected chi connectivity index (χ2v) is 15.7. The molecule has 0 amide bonds. The first-order chi connectivity index (χ1) is 22.5. The van der Waals surface area contributed by atoms with Crippen molar-refractivity contribution < 1.29 is 0 Å². The van der Waals surface area contributed by atoms with E-state index in [1.807, 2.05) is 0 Å². The Morgan fingerprint density at radius 2 is 1.19 bits per heavy atom. The molecule has 47 heavy (non-hydrogen) atoms. The molecular formula is C46H45N. The molecule has 0 saturated carbocycles. The fourth-order valence-electron chi connectivity index (χ4n) is 8.72. The van der Waals surface area contributed by atoms with Crippen LogP contribution in [-0.4, -0.2) is 0 Å². The summed E-state index contributed by atoms with van der Waals surface area (Å²) in [5.74, 6) is 0. The van der Waals surface area contributed by atoms with Crippen molar-refractivity contribution in [2.24, 2.45) is 0 Å². The first-order valence-corrected chi connectivity index (χ1v) is 17.3. The zero-order valence-electron chi connectivity index (χ0n) is 28.9. The minimum absolute atomic E-state index is 0.0523. The number of nitrogens with zero attached hydrogens (tertiary/aromatic N) is 1. The van der Waals surface area contributed by atoms with E-state index in [-0.39, 0.29) is 16.2 Å². The molecule has 0 saturated heterocycles. The fourth-order valence-corrected chi connectivity index (χ4v) is 8.72. The predicted octanol–water partition coefficient (Wildman–Crippen LogP) is 12.9. The van der Waals surface area contributed by atoms with Crippen LogP contribution in [0.5, 0.6) is 0 Å². The zero-order chi connectivity index (χ0) is 32.7. The summed E-state index contributed by atoms with van der Waals surface area (Å²) in [6.45, 7) is 16.9. The van der Waals surface area contributed by atoms with Crippen molar-refractivity contribution in [3.63, 3.8) is 0 Å². The van der Waals surface area contributed by atoms with Gasteiger partial charge in [0.25, 0.3) is 0 Å². The molecule has 0 bridgehead atoms. The minimum atomic E-state index is -0.118. The van der Waals surface area contributed by atoms with Gasteiger partial charge in [-0.05, 0) is 111 Å². The molecular weight excluding hydrogens is 567 g/mol. The standard InChI is InChI=1S/C46H45N/c1-30-24-25-38-43(45(4,5)27-26-44(38,2)3)42(30)36-28-35-34-21-13-14-22-37(34)46(6,7)39(35)29-41(36)47(32-18-9-8-10-19-32)40-23-15-17-31-16-11-12-20-33(31)40/h8-25,28-29H,26-27H2,1-7H3. The number of fused-ring (bicyclic) bond motifs is 5. The molecule has 0 N–H and O–H groups in total.